The lowest BCUT2D eigenvalue weighted by Crippen LogP contribution is -2.47. The molecule has 2 aromatic heterocycles. The molecule has 1 fully saturated rings. The third kappa shape index (κ3) is 3.31. The zero-order valence-corrected chi connectivity index (χ0v) is 13.5. The van der Waals surface area contributed by atoms with E-state index in [9.17, 15) is 5.11 Å². The smallest absolute Gasteiger partial charge is 0.143 e. The maximum atomic E-state index is 10.6. The molecular weight excluding hydrogens is 296 g/mol. The van der Waals surface area contributed by atoms with Crippen molar-refractivity contribution < 1.29 is 14.9 Å². The number of aliphatic hydroxyl groups excluding tert-OH is 1. The van der Waals surface area contributed by atoms with Gasteiger partial charge in [-0.2, -0.15) is 0 Å². The maximum Gasteiger partial charge on any atom is 0.143 e. The quantitative estimate of drug-likeness (QED) is 0.684. The Morgan fingerprint density at radius 2 is 2.13 bits per heavy atom. The van der Waals surface area contributed by atoms with E-state index >= 15 is 0 Å². The Morgan fingerprint density at radius 3 is 2.83 bits per heavy atom. The molecule has 0 aliphatic carbocycles. The molecule has 3 rings (SSSR count). The van der Waals surface area contributed by atoms with Crippen molar-refractivity contribution in [2.75, 3.05) is 37.8 Å². The zero-order valence-electron chi connectivity index (χ0n) is 13.5. The number of piperidine rings is 1. The molecule has 0 saturated carbocycles. The number of aryl methyl sites for hydroxylation is 1. The van der Waals surface area contributed by atoms with Crippen LogP contribution < -0.4 is 4.90 Å². The van der Waals surface area contributed by atoms with Gasteiger partial charge >= 0.3 is 0 Å². The summed E-state index contributed by atoms with van der Waals surface area (Å²) in [5, 5.41) is 20.4. The van der Waals surface area contributed by atoms with Crippen LogP contribution in [0.1, 0.15) is 25.3 Å². The van der Waals surface area contributed by atoms with Crippen LogP contribution in [0.3, 0.4) is 0 Å². The largest absolute Gasteiger partial charge is 0.394 e. The third-order valence-corrected chi connectivity index (χ3v) is 4.51. The van der Waals surface area contributed by atoms with Crippen LogP contribution in [0, 0.1) is 0 Å². The second-order valence-corrected chi connectivity index (χ2v) is 6.08. The summed E-state index contributed by atoms with van der Waals surface area (Å²) in [5.41, 5.74) is 1.26. The monoisotopic (exact) mass is 320 g/mol. The van der Waals surface area contributed by atoms with Crippen molar-refractivity contribution in [1.29, 1.82) is 0 Å². The number of ether oxygens (including phenoxy) is 1. The standard InChI is InChI=1S/C16H24N4O3/c1-2-12-9-17-14-13(12)15(19-11-18-14)20-5-3-16(22,4-6-20)10-23-8-7-21/h9,11,21-22H,2-8,10H2,1H3,(H,17,18,19). The van der Waals surface area contributed by atoms with Gasteiger partial charge in [0.2, 0.25) is 0 Å². The number of rotatable bonds is 6. The second kappa shape index (κ2) is 6.82. The first-order valence-corrected chi connectivity index (χ1v) is 8.14. The number of aromatic amines is 1. The van der Waals surface area contributed by atoms with Crippen molar-refractivity contribution in [1.82, 2.24) is 15.0 Å². The lowest BCUT2D eigenvalue weighted by Gasteiger charge is -2.38. The molecule has 126 valence electrons. The van der Waals surface area contributed by atoms with Crippen LogP contribution in [-0.4, -0.2) is 63.7 Å². The predicted octanol–water partition coefficient (Wildman–Crippen LogP) is 0.861. The van der Waals surface area contributed by atoms with Crippen molar-refractivity contribution in [2.24, 2.45) is 0 Å². The highest BCUT2D eigenvalue weighted by molar-refractivity contribution is 5.90. The van der Waals surface area contributed by atoms with E-state index in [0.717, 1.165) is 36.4 Å². The fourth-order valence-corrected chi connectivity index (χ4v) is 3.13. The third-order valence-electron chi connectivity index (χ3n) is 4.51. The fraction of sp³-hybridized carbons (Fsp3) is 0.625. The Hall–Kier alpha value is -1.70. The minimum absolute atomic E-state index is 0.0194. The van der Waals surface area contributed by atoms with Crippen LogP contribution in [0.2, 0.25) is 0 Å². The summed E-state index contributed by atoms with van der Waals surface area (Å²) >= 11 is 0. The first-order chi connectivity index (χ1) is 11.2. The molecule has 0 unspecified atom stereocenters. The van der Waals surface area contributed by atoms with Crippen LogP contribution in [0.4, 0.5) is 5.82 Å². The highest BCUT2D eigenvalue weighted by Gasteiger charge is 2.33. The Kier molecular flexibility index (Phi) is 4.79. The molecule has 2 aromatic rings. The van der Waals surface area contributed by atoms with Gasteiger partial charge in [0.15, 0.2) is 0 Å². The Labute approximate surface area is 135 Å². The van der Waals surface area contributed by atoms with Crippen LogP contribution in [0.25, 0.3) is 11.0 Å². The molecule has 7 heteroatoms. The van der Waals surface area contributed by atoms with Crippen molar-refractivity contribution >= 4 is 16.9 Å². The summed E-state index contributed by atoms with van der Waals surface area (Å²) in [6.45, 7) is 4.08. The van der Waals surface area contributed by atoms with Crippen LogP contribution in [0.15, 0.2) is 12.5 Å². The summed E-state index contributed by atoms with van der Waals surface area (Å²) in [6.07, 6.45) is 5.74. The van der Waals surface area contributed by atoms with Gasteiger partial charge in [0.25, 0.3) is 0 Å². The topological polar surface area (TPSA) is 94.5 Å². The number of nitrogens with zero attached hydrogens (tertiary/aromatic N) is 3. The number of aromatic nitrogens is 3. The minimum atomic E-state index is -0.816. The van der Waals surface area contributed by atoms with Crippen molar-refractivity contribution in [2.45, 2.75) is 31.8 Å². The van der Waals surface area contributed by atoms with Gasteiger partial charge in [0.1, 0.15) is 17.8 Å². The molecule has 1 aliphatic heterocycles. The molecule has 23 heavy (non-hydrogen) atoms. The van der Waals surface area contributed by atoms with E-state index in [-0.39, 0.29) is 19.8 Å². The normalized spacial score (nSPS) is 17.8. The van der Waals surface area contributed by atoms with Gasteiger partial charge in [-0.25, -0.2) is 9.97 Å². The summed E-state index contributed by atoms with van der Waals surface area (Å²) < 4.78 is 5.31. The number of nitrogens with one attached hydrogen (secondary N) is 1. The average Bonchev–Trinajstić information content (AvgIpc) is 2.99. The minimum Gasteiger partial charge on any atom is -0.394 e. The molecule has 3 N–H and O–H groups in total. The van der Waals surface area contributed by atoms with Crippen LogP contribution >= 0.6 is 0 Å². The molecule has 0 amide bonds. The molecular formula is C16H24N4O3. The maximum absolute atomic E-state index is 10.6. The predicted molar refractivity (Wildman–Crippen MR) is 87.6 cm³/mol. The number of hydrogen-bond donors (Lipinski definition) is 3. The first kappa shape index (κ1) is 16.2. The Balaban J connectivity index is 1.74. The molecule has 0 atom stereocenters. The number of anilines is 1. The molecule has 0 radical (unpaired) electrons. The number of hydrogen-bond acceptors (Lipinski definition) is 6. The van der Waals surface area contributed by atoms with E-state index in [4.69, 9.17) is 9.84 Å². The molecule has 1 aliphatic rings. The lowest BCUT2D eigenvalue weighted by atomic mass is 9.92. The van der Waals surface area contributed by atoms with Gasteiger partial charge in [-0.05, 0) is 24.8 Å². The lowest BCUT2D eigenvalue weighted by molar-refractivity contribution is -0.0658. The van der Waals surface area contributed by atoms with Crippen molar-refractivity contribution in [3.05, 3.63) is 18.1 Å². The van der Waals surface area contributed by atoms with Gasteiger partial charge in [0, 0.05) is 19.3 Å². The number of aliphatic hydroxyl groups is 2. The molecule has 1 saturated heterocycles. The van der Waals surface area contributed by atoms with E-state index in [1.807, 2.05) is 6.20 Å². The molecule has 0 bridgehead atoms. The van der Waals surface area contributed by atoms with Gasteiger partial charge in [-0.1, -0.05) is 6.92 Å². The Bertz CT molecular complexity index is 650. The van der Waals surface area contributed by atoms with E-state index in [2.05, 4.69) is 26.8 Å². The van der Waals surface area contributed by atoms with Gasteiger partial charge in [0.05, 0.1) is 30.8 Å². The highest BCUT2D eigenvalue weighted by Crippen LogP contribution is 2.31. The van der Waals surface area contributed by atoms with E-state index in [1.165, 1.54) is 5.56 Å². The van der Waals surface area contributed by atoms with E-state index in [0.29, 0.717) is 12.8 Å². The molecule has 0 aromatic carbocycles. The number of H-pyrrole nitrogens is 1. The van der Waals surface area contributed by atoms with Gasteiger partial charge < -0.3 is 24.8 Å². The molecule has 0 spiro atoms. The summed E-state index contributed by atoms with van der Waals surface area (Å²) in [5.74, 6) is 0.937. The van der Waals surface area contributed by atoms with E-state index < -0.39 is 5.60 Å². The van der Waals surface area contributed by atoms with Crippen molar-refractivity contribution in [3.63, 3.8) is 0 Å². The molecule has 3 heterocycles. The Morgan fingerprint density at radius 1 is 1.35 bits per heavy atom. The summed E-state index contributed by atoms with van der Waals surface area (Å²) in [4.78, 5) is 14.2. The second-order valence-electron chi connectivity index (χ2n) is 6.08. The summed E-state index contributed by atoms with van der Waals surface area (Å²) in [6, 6.07) is 0. The van der Waals surface area contributed by atoms with Crippen LogP contribution in [0.5, 0.6) is 0 Å². The highest BCUT2D eigenvalue weighted by atomic mass is 16.5. The van der Waals surface area contributed by atoms with Crippen molar-refractivity contribution in [3.8, 4) is 0 Å². The average molecular weight is 320 g/mol. The first-order valence-electron chi connectivity index (χ1n) is 8.14. The van der Waals surface area contributed by atoms with Gasteiger partial charge in [-0.15, -0.1) is 0 Å². The zero-order chi connectivity index (χ0) is 16.3. The number of fused-ring (bicyclic) bond motifs is 1. The van der Waals surface area contributed by atoms with Gasteiger partial charge in [-0.3, -0.25) is 0 Å². The molecule has 7 nitrogen and oxygen atoms in total. The SMILES string of the molecule is CCc1c[nH]c2ncnc(N3CCC(O)(COCCO)CC3)c12. The van der Waals surface area contributed by atoms with E-state index in [1.54, 1.807) is 6.33 Å². The fourth-order valence-electron chi connectivity index (χ4n) is 3.13. The summed E-state index contributed by atoms with van der Waals surface area (Å²) in [7, 11) is 0. The van der Waals surface area contributed by atoms with Crippen LogP contribution in [-0.2, 0) is 11.2 Å².